The minimum Gasteiger partial charge on any atom is -0.322 e. The van der Waals surface area contributed by atoms with E-state index in [9.17, 15) is 13.6 Å². The molecule has 5 heteroatoms. The Kier molecular flexibility index (Phi) is 3.70. The number of carbonyl (C=O) groups is 1. The summed E-state index contributed by atoms with van der Waals surface area (Å²) in [4.78, 5) is 13.6. The van der Waals surface area contributed by atoms with Crippen LogP contribution in [0.2, 0.25) is 0 Å². The zero-order valence-corrected chi connectivity index (χ0v) is 11.2. The van der Waals surface area contributed by atoms with Gasteiger partial charge in [-0.05, 0) is 36.5 Å². The molecular weight excluding hydrogens is 262 g/mol. The van der Waals surface area contributed by atoms with Crippen LogP contribution in [0.3, 0.4) is 0 Å². The van der Waals surface area contributed by atoms with Gasteiger partial charge in [0.15, 0.2) is 11.6 Å². The number of hydrogen-bond acceptors (Lipinski definition) is 2. The number of hydrogen-bond donors (Lipinski definition) is 1. The van der Waals surface area contributed by atoms with Crippen molar-refractivity contribution in [2.24, 2.45) is 5.92 Å². The Morgan fingerprint density at radius 3 is 2.75 bits per heavy atom. The first-order valence-electron chi connectivity index (χ1n) is 7.13. The molecule has 1 unspecified atom stereocenters. The lowest BCUT2D eigenvalue weighted by Gasteiger charge is -2.24. The minimum atomic E-state index is -0.874. The normalized spacial score (nSPS) is 22.6. The van der Waals surface area contributed by atoms with E-state index < -0.39 is 11.6 Å². The van der Waals surface area contributed by atoms with Crippen LogP contribution in [-0.4, -0.2) is 23.9 Å². The van der Waals surface area contributed by atoms with Crippen LogP contribution in [0.5, 0.6) is 0 Å². The Labute approximate surface area is 117 Å². The Morgan fingerprint density at radius 1 is 1.25 bits per heavy atom. The Balaban J connectivity index is 1.68. The summed E-state index contributed by atoms with van der Waals surface area (Å²) in [6.07, 6.45) is 4.39. The maximum absolute atomic E-state index is 13.3. The smallest absolute Gasteiger partial charge is 0.238 e. The highest BCUT2D eigenvalue weighted by Crippen LogP contribution is 2.34. The van der Waals surface area contributed by atoms with Gasteiger partial charge >= 0.3 is 0 Å². The van der Waals surface area contributed by atoms with Crippen LogP contribution >= 0.6 is 0 Å². The van der Waals surface area contributed by atoms with Gasteiger partial charge < -0.3 is 4.90 Å². The van der Waals surface area contributed by atoms with Crippen LogP contribution in [0, 0.1) is 17.6 Å². The van der Waals surface area contributed by atoms with Gasteiger partial charge in [-0.3, -0.25) is 10.1 Å². The van der Waals surface area contributed by atoms with Gasteiger partial charge in [0, 0.05) is 6.54 Å². The van der Waals surface area contributed by atoms with Crippen molar-refractivity contribution >= 4 is 5.91 Å². The van der Waals surface area contributed by atoms with Gasteiger partial charge in [0.05, 0.1) is 6.54 Å². The van der Waals surface area contributed by atoms with E-state index in [1.807, 2.05) is 0 Å². The molecule has 1 aliphatic carbocycles. The van der Waals surface area contributed by atoms with E-state index >= 15 is 0 Å². The first kappa shape index (κ1) is 13.5. The maximum Gasteiger partial charge on any atom is 0.238 e. The van der Waals surface area contributed by atoms with E-state index in [1.165, 1.54) is 25.0 Å². The van der Waals surface area contributed by atoms with E-state index in [-0.39, 0.29) is 18.6 Å². The van der Waals surface area contributed by atoms with E-state index in [4.69, 9.17) is 0 Å². The third kappa shape index (κ3) is 2.82. The average Bonchev–Trinajstić information content (AvgIpc) is 3.18. The quantitative estimate of drug-likeness (QED) is 0.899. The van der Waals surface area contributed by atoms with Crippen molar-refractivity contribution in [3.63, 3.8) is 0 Å². The molecule has 1 atom stereocenters. The summed E-state index contributed by atoms with van der Waals surface area (Å²) in [7, 11) is 0. The number of carbonyl (C=O) groups excluding carboxylic acids is 1. The lowest BCUT2D eigenvalue weighted by atomic mass is 10.1. The number of nitrogens with one attached hydrogen (secondary N) is 1. The van der Waals surface area contributed by atoms with Gasteiger partial charge in [0.25, 0.3) is 0 Å². The predicted octanol–water partition coefficient (Wildman–Crippen LogP) is 2.59. The van der Waals surface area contributed by atoms with Gasteiger partial charge in [-0.25, -0.2) is 8.78 Å². The van der Waals surface area contributed by atoms with Gasteiger partial charge in [-0.1, -0.05) is 18.9 Å². The highest BCUT2D eigenvalue weighted by Gasteiger charge is 2.32. The SMILES string of the molecule is O=C1CNC(c2ccc(F)c(F)c2)N1CCCC1CC1. The topological polar surface area (TPSA) is 32.3 Å². The van der Waals surface area contributed by atoms with Crippen molar-refractivity contribution in [2.75, 3.05) is 13.1 Å². The Hall–Kier alpha value is -1.49. The monoisotopic (exact) mass is 280 g/mol. The predicted molar refractivity (Wildman–Crippen MR) is 70.8 cm³/mol. The molecule has 20 heavy (non-hydrogen) atoms. The maximum atomic E-state index is 13.3. The van der Waals surface area contributed by atoms with Crippen molar-refractivity contribution in [3.05, 3.63) is 35.4 Å². The lowest BCUT2D eigenvalue weighted by molar-refractivity contribution is -0.128. The molecule has 1 aromatic carbocycles. The third-order valence-electron chi connectivity index (χ3n) is 4.05. The third-order valence-corrected chi connectivity index (χ3v) is 4.05. The number of benzene rings is 1. The van der Waals surface area contributed by atoms with Crippen molar-refractivity contribution in [1.82, 2.24) is 10.2 Å². The molecule has 1 amide bonds. The fourth-order valence-corrected chi connectivity index (χ4v) is 2.73. The second-order valence-corrected chi connectivity index (χ2v) is 5.63. The first-order chi connectivity index (χ1) is 9.65. The fourth-order valence-electron chi connectivity index (χ4n) is 2.73. The summed E-state index contributed by atoms with van der Waals surface area (Å²) in [6.45, 7) is 0.930. The molecule has 3 rings (SSSR count). The van der Waals surface area contributed by atoms with Crippen LogP contribution in [0.1, 0.15) is 37.4 Å². The standard InChI is InChI=1S/C15H18F2N2O/c16-12-6-5-11(8-13(12)17)15-18-9-14(20)19(15)7-1-2-10-3-4-10/h5-6,8,10,15,18H,1-4,7,9H2. The highest BCUT2D eigenvalue weighted by molar-refractivity contribution is 5.80. The molecule has 1 N–H and O–H groups in total. The van der Waals surface area contributed by atoms with Crippen LogP contribution in [0.25, 0.3) is 0 Å². The summed E-state index contributed by atoms with van der Waals surface area (Å²) >= 11 is 0. The number of nitrogens with zero attached hydrogens (tertiary/aromatic N) is 1. The fraction of sp³-hybridized carbons (Fsp3) is 0.533. The summed E-state index contributed by atoms with van der Waals surface area (Å²) in [6, 6.07) is 3.81. The van der Waals surface area contributed by atoms with Crippen LogP contribution in [0.4, 0.5) is 8.78 Å². The first-order valence-corrected chi connectivity index (χ1v) is 7.13. The minimum absolute atomic E-state index is 0.0236. The molecule has 1 saturated heterocycles. The molecule has 0 spiro atoms. The van der Waals surface area contributed by atoms with Gasteiger partial charge in [0.1, 0.15) is 6.17 Å². The van der Waals surface area contributed by atoms with Gasteiger partial charge in [-0.2, -0.15) is 0 Å². The molecule has 0 aromatic heterocycles. The zero-order chi connectivity index (χ0) is 14.1. The Bertz CT molecular complexity index is 517. The summed E-state index contributed by atoms with van der Waals surface area (Å²) < 4.78 is 26.3. The molecule has 2 aliphatic rings. The Morgan fingerprint density at radius 2 is 2.05 bits per heavy atom. The van der Waals surface area contributed by atoms with Crippen LogP contribution < -0.4 is 5.32 Å². The molecule has 0 radical (unpaired) electrons. The largest absolute Gasteiger partial charge is 0.322 e. The molecule has 3 nitrogen and oxygen atoms in total. The molecule has 0 bridgehead atoms. The van der Waals surface area contributed by atoms with E-state index in [1.54, 1.807) is 4.90 Å². The molecule has 1 aliphatic heterocycles. The molecule has 1 aromatic rings. The molecular formula is C15H18F2N2O. The van der Waals surface area contributed by atoms with Gasteiger partial charge in [0.2, 0.25) is 5.91 Å². The zero-order valence-electron chi connectivity index (χ0n) is 11.2. The highest BCUT2D eigenvalue weighted by atomic mass is 19.2. The van der Waals surface area contributed by atoms with E-state index in [2.05, 4.69) is 5.32 Å². The summed E-state index contributed by atoms with van der Waals surface area (Å²) in [5.41, 5.74) is 0.598. The van der Waals surface area contributed by atoms with Crippen LogP contribution in [-0.2, 0) is 4.79 Å². The number of amides is 1. The molecule has 1 saturated carbocycles. The van der Waals surface area contributed by atoms with Crippen LogP contribution in [0.15, 0.2) is 18.2 Å². The molecule has 108 valence electrons. The van der Waals surface area contributed by atoms with Crippen molar-refractivity contribution < 1.29 is 13.6 Å². The second-order valence-electron chi connectivity index (χ2n) is 5.63. The number of halogens is 2. The lowest BCUT2D eigenvalue weighted by Crippen LogP contribution is -2.31. The number of rotatable bonds is 5. The van der Waals surface area contributed by atoms with E-state index in [0.717, 1.165) is 24.8 Å². The van der Waals surface area contributed by atoms with Gasteiger partial charge in [-0.15, -0.1) is 0 Å². The van der Waals surface area contributed by atoms with E-state index in [0.29, 0.717) is 12.1 Å². The van der Waals surface area contributed by atoms with Crippen molar-refractivity contribution in [1.29, 1.82) is 0 Å². The van der Waals surface area contributed by atoms with Crippen molar-refractivity contribution in [2.45, 2.75) is 31.8 Å². The molecule has 1 heterocycles. The average molecular weight is 280 g/mol. The summed E-state index contributed by atoms with van der Waals surface area (Å²) in [5, 5.41) is 3.06. The second kappa shape index (κ2) is 5.48. The molecule has 2 fully saturated rings. The summed E-state index contributed by atoms with van der Waals surface area (Å²) in [5.74, 6) is -0.877. The van der Waals surface area contributed by atoms with Crippen molar-refractivity contribution in [3.8, 4) is 0 Å².